The van der Waals surface area contributed by atoms with Gasteiger partial charge in [-0.1, -0.05) is 48.5 Å². The largest absolute Gasteiger partial charge is 0.455 e. The zero-order chi connectivity index (χ0) is 22.6. The van der Waals surface area contributed by atoms with Crippen molar-refractivity contribution >= 4 is 11.7 Å². The molecule has 2 aliphatic rings. The van der Waals surface area contributed by atoms with Gasteiger partial charge in [-0.15, -0.1) is 0 Å². The van der Waals surface area contributed by atoms with Gasteiger partial charge in [0.2, 0.25) is 0 Å². The van der Waals surface area contributed by atoms with E-state index in [1.54, 1.807) is 14.2 Å². The van der Waals surface area contributed by atoms with Crippen molar-refractivity contribution in [3.8, 4) is 22.6 Å². The monoisotopic (exact) mass is 444 g/mol. The molecule has 0 bridgehead atoms. The Balaban J connectivity index is 1.73. The fourth-order valence-electron chi connectivity index (χ4n) is 4.46. The summed E-state index contributed by atoms with van der Waals surface area (Å²) in [5.41, 5.74) is 5.97. The smallest absolute Gasteiger partial charge is 0.141 e. The molecule has 0 saturated heterocycles. The van der Waals surface area contributed by atoms with Crippen molar-refractivity contribution < 1.29 is 13.9 Å². The van der Waals surface area contributed by atoms with Crippen molar-refractivity contribution in [1.82, 2.24) is 10.6 Å². The number of nitrogens with zero attached hydrogens (tertiary/aromatic N) is 2. The molecule has 0 fully saturated rings. The summed E-state index contributed by atoms with van der Waals surface area (Å²) in [6, 6.07) is 16.4. The third-order valence-corrected chi connectivity index (χ3v) is 5.90. The second-order valence-electron chi connectivity index (χ2n) is 7.99. The van der Waals surface area contributed by atoms with Gasteiger partial charge in [-0.25, -0.2) is 0 Å². The first-order chi connectivity index (χ1) is 16.3. The maximum absolute atomic E-state index is 6.70. The van der Waals surface area contributed by atoms with Gasteiger partial charge in [0, 0.05) is 60.7 Å². The molecule has 5 rings (SSSR count). The van der Waals surface area contributed by atoms with Gasteiger partial charge in [-0.05, 0) is 0 Å². The maximum atomic E-state index is 6.70. The van der Waals surface area contributed by atoms with Crippen LogP contribution in [0.5, 0.6) is 0 Å². The predicted molar refractivity (Wildman–Crippen MR) is 130 cm³/mol. The first-order valence-electron chi connectivity index (χ1n) is 11.2. The number of ether oxygens (including phenoxy) is 2. The standard InChI is InChI=1S/C26H28N4O3/c1-31-15-21-22(16-32-2)24(18-8-4-6-10-20(18)26-29-13-14-30-26)33-23(21)17-7-3-5-9-19(17)25-27-11-12-28-25/h3-10H,11-16H2,1-2H3,(H,27,28)(H,29,30). The third-order valence-electron chi connectivity index (χ3n) is 5.90. The van der Waals surface area contributed by atoms with Crippen LogP contribution in [0.3, 0.4) is 0 Å². The summed E-state index contributed by atoms with van der Waals surface area (Å²) in [6.07, 6.45) is 0. The van der Waals surface area contributed by atoms with Crippen LogP contribution in [0.4, 0.5) is 0 Å². The van der Waals surface area contributed by atoms with Crippen LogP contribution in [0.15, 0.2) is 62.9 Å². The van der Waals surface area contributed by atoms with E-state index in [9.17, 15) is 0 Å². The van der Waals surface area contributed by atoms with E-state index in [1.165, 1.54) is 0 Å². The average Bonchev–Trinajstić information content (AvgIpc) is 3.62. The van der Waals surface area contributed by atoms with E-state index in [-0.39, 0.29) is 0 Å². The van der Waals surface area contributed by atoms with Crippen LogP contribution in [0.25, 0.3) is 22.6 Å². The van der Waals surface area contributed by atoms with Crippen molar-refractivity contribution in [3.63, 3.8) is 0 Å². The van der Waals surface area contributed by atoms with Crippen LogP contribution >= 0.6 is 0 Å². The number of hydrogen-bond acceptors (Lipinski definition) is 7. The number of benzene rings is 2. The number of aliphatic imine (C=N–C) groups is 2. The van der Waals surface area contributed by atoms with Gasteiger partial charge in [-0.3, -0.25) is 9.98 Å². The lowest BCUT2D eigenvalue weighted by Gasteiger charge is -2.10. The second kappa shape index (κ2) is 9.60. The van der Waals surface area contributed by atoms with Crippen LogP contribution < -0.4 is 10.6 Å². The number of amidine groups is 2. The number of rotatable bonds is 8. The Hall–Kier alpha value is -3.42. The summed E-state index contributed by atoms with van der Waals surface area (Å²) in [5.74, 6) is 3.35. The molecule has 1 aromatic heterocycles. The lowest BCUT2D eigenvalue weighted by atomic mass is 9.97. The average molecular weight is 445 g/mol. The number of hydrogen-bond donors (Lipinski definition) is 2. The number of furan rings is 1. The summed E-state index contributed by atoms with van der Waals surface area (Å²) in [5, 5.41) is 6.77. The van der Waals surface area contributed by atoms with Crippen LogP contribution in [0, 0.1) is 0 Å². The summed E-state index contributed by atoms with van der Waals surface area (Å²) in [4.78, 5) is 9.28. The molecule has 0 spiro atoms. The molecule has 3 heterocycles. The second-order valence-corrected chi connectivity index (χ2v) is 7.99. The van der Waals surface area contributed by atoms with Crippen LogP contribution in [-0.2, 0) is 22.7 Å². The number of nitrogens with one attached hydrogen (secondary N) is 2. The van der Waals surface area contributed by atoms with Gasteiger partial charge in [0.1, 0.15) is 23.2 Å². The summed E-state index contributed by atoms with van der Waals surface area (Å²) in [7, 11) is 3.40. The van der Waals surface area contributed by atoms with Gasteiger partial charge in [0.15, 0.2) is 0 Å². The van der Waals surface area contributed by atoms with Crippen molar-refractivity contribution in [3.05, 3.63) is 70.8 Å². The van der Waals surface area contributed by atoms with Gasteiger partial charge < -0.3 is 24.5 Å². The summed E-state index contributed by atoms with van der Waals surface area (Å²) < 4.78 is 17.9. The fraction of sp³-hybridized carbons (Fsp3) is 0.308. The summed E-state index contributed by atoms with van der Waals surface area (Å²) >= 11 is 0. The van der Waals surface area contributed by atoms with E-state index in [0.29, 0.717) is 13.2 Å². The van der Waals surface area contributed by atoms with Crippen LogP contribution in [0.2, 0.25) is 0 Å². The first kappa shape index (κ1) is 21.4. The SMILES string of the molecule is COCc1c(-c2ccccc2C2=NCCN2)oc(-c2ccccc2C2=NCCN2)c1COC. The Morgan fingerprint density at radius 3 is 1.48 bits per heavy atom. The molecular formula is C26H28N4O3. The van der Waals surface area contributed by atoms with Crippen molar-refractivity contribution in [2.45, 2.75) is 13.2 Å². The van der Waals surface area contributed by atoms with Gasteiger partial charge in [0.05, 0.1) is 26.3 Å². The highest BCUT2D eigenvalue weighted by molar-refractivity contribution is 6.06. The van der Waals surface area contributed by atoms with Gasteiger partial charge >= 0.3 is 0 Å². The van der Waals surface area contributed by atoms with Gasteiger partial charge in [0.25, 0.3) is 0 Å². The zero-order valence-corrected chi connectivity index (χ0v) is 19.0. The zero-order valence-electron chi connectivity index (χ0n) is 19.0. The van der Waals surface area contributed by atoms with E-state index >= 15 is 0 Å². The summed E-state index contributed by atoms with van der Waals surface area (Å²) in [6.45, 7) is 4.05. The highest BCUT2D eigenvalue weighted by Crippen LogP contribution is 2.40. The van der Waals surface area contributed by atoms with Crippen molar-refractivity contribution in [2.75, 3.05) is 40.4 Å². The molecule has 33 heavy (non-hydrogen) atoms. The van der Waals surface area contributed by atoms with E-state index < -0.39 is 0 Å². The Morgan fingerprint density at radius 2 is 1.12 bits per heavy atom. The molecule has 170 valence electrons. The molecule has 0 aliphatic carbocycles. The molecule has 2 aliphatic heterocycles. The van der Waals surface area contributed by atoms with E-state index in [1.807, 2.05) is 24.3 Å². The van der Waals surface area contributed by atoms with E-state index in [0.717, 1.165) is 82.8 Å². The Morgan fingerprint density at radius 1 is 0.697 bits per heavy atom. The first-order valence-corrected chi connectivity index (χ1v) is 11.2. The van der Waals surface area contributed by atoms with E-state index in [4.69, 9.17) is 13.9 Å². The minimum atomic E-state index is 0.410. The third kappa shape index (κ3) is 4.05. The minimum Gasteiger partial charge on any atom is -0.455 e. The predicted octanol–water partition coefficient (Wildman–Crippen LogP) is 3.61. The lowest BCUT2D eigenvalue weighted by Crippen LogP contribution is -2.20. The maximum Gasteiger partial charge on any atom is 0.141 e. The van der Waals surface area contributed by atoms with E-state index in [2.05, 4.69) is 44.9 Å². The fourth-order valence-corrected chi connectivity index (χ4v) is 4.46. The van der Waals surface area contributed by atoms with Crippen LogP contribution in [-0.4, -0.2) is 52.1 Å². The van der Waals surface area contributed by atoms with Crippen LogP contribution in [0.1, 0.15) is 22.3 Å². The number of methoxy groups -OCH3 is 2. The molecule has 0 radical (unpaired) electrons. The molecular weight excluding hydrogens is 416 g/mol. The Bertz CT molecular complexity index is 1120. The molecule has 0 saturated carbocycles. The minimum absolute atomic E-state index is 0.410. The normalized spacial score (nSPS) is 15.2. The molecule has 7 nitrogen and oxygen atoms in total. The topological polar surface area (TPSA) is 80.4 Å². The Labute approximate surface area is 193 Å². The van der Waals surface area contributed by atoms with Crippen molar-refractivity contribution in [1.29, 1.82) is 0 Å². The molecule has 2 aromatic carbocycles. The van der Waals surface area contributed by atoms with Crippen molar-refractivity contribution in [2.24, 2.45) is 9.98 Å². The highest BCUT2D eigenvalue weighted by Gasteiger charge is 2.27. The quantitative estimate of drug-likeness (QED) is 0.555. The molecule has 0 unspecified atom stereocenters. The molecule has 0 amide bonds. The molecule has 2 N–H and O–H groups in total. The molecule has 7 heteroatoms. The Kier molecular flexibility index (Phi) is 6.24. The molecule has 3 aromatic rings. The van der Waals surface area contributed by atoms with Gasteiger partial charge in [-0.2, -0.15) is 0 Å². The lowest BCUT2D eigenvalue weighted by molar-refractivity contribution is 0.169. The highest BCUT2D eigenvalue weighted by atomic mass is 16.5. The molecule has 0 atom stereocenters.